The van der Waals surface area contributed by atoms with E-state index in [1.165, 1.54) is 0 Å². The van der Waals surface area contributed by atoms with E-state index < -0.39 is 0 Å². The summed E-state index contributed by atoms with van der Waals surface area (Å²) in [5.74, 6) is 1.65. The standard InChI is InChI=1S/C12H23N3O/c1-10(2)12(9-16-4)14-6-8-15-7-5-13-11(15)3/h5,7,10,12,14H,6,8-9H2,1-4H3. The van der Waals surface area contributed by atoms with Crippen molar-refractivity contribution in [3.8, 4) is 0 Å². The summed E-state index contributed by atoms with van der Waals surface area (Å²) in [6.45, 7) is 9.11. The summed E-state index contributed by atoms with van der Waals surface area (Å²) in [6.07, 6.45) is 3.85. The third kappa shape index (κ3) is 3.94. The maximum Gasteiger partial charge on any atom is 0.105 e. The molecular formula is C12H23N3O. The molecule has 1 rings (SSSR count). The molecule has 0 aromatic carbocycles. The second-order valence-corrected chi connectivity index (χ2v) is 4.43. The van der Waals surface area contributed by atoms with E-state index in [2.05, 4.69) is 28.7 Å². The van der Waals surface area contributed by atoms with Crippen LogP contribution in [0.25, 0.3) is 0 Å². The van der Waals surface area contributed by atoms with Gasteiger partial charge in [0.15, 0.2) is 0 Å². The predicted molar refractivity (Wildman–Crippen MR) is 65.5 cm³/mol. The lowest BCUT2D eigenvalue weighted by molar-refractivity contribution is 0.146. The number of rotatable bonds is 7. The lowest BCUT2D eigenvalue weighted by atomic mass is 10.1. The fraction of sp³-hybridized carbons (Fsp3) is 0.750. The van der Waals surface area contributed by atoms with Gasteiger partial charge in [-0.15, -0.1) is 0 Å². The van der Waals surface area contributed by atoms with E-state index in [1.54, 1.807) is 7.11 Å². The molecule has 16 heavy (non-hydrogen) atoms. The number of aryl methyl sites for hydroxylation is 1. The van der Waals surface area contributed by atoms with Crippen LogP contribution in [0.15, 0.2) is 12.4 Å². The van der Waals surface area contributed by atoms with Gasteiger partial charge in [0.25, 0.3) is 0 Å². The monoisotopic (exact) mass is 225 g/mol. The van der Waals surface area contributed by atoms with Crippen LogP contribution < -0.4 is 5.32 Å². The molecule has 0 fully saturated rings. The van der Waals surface area contributed by atoms with Crippen LogP contribution in [0.1, 0.15) is 19.7 Å². The van der Waals surface area contributed by atoms with Gasteiger partial charge in [-0.1, -0.05) is 13.8 Å². The molecule has 0 aliphatic carbocycles. The molecular weight excluding hydrogens is 202 g/mol. The SMILES string of the molecule is COCC(NCCn1ccnc1C)C(C)C. The van der Waals surface area contributed by atoms with Crippen LogP contribution in [0.2, 0.25) is 0 Å². The molecule has 0 saturated heterocycles. The average Bonchev–Trinajstić information content (AvgIpc) is 2.63. The number of imidazole rings is 1. The molecule has 1 N–H and O–H groups in total. The minimum absolute atomic E-state index is 0.425. The number of hydrogen-bond donors (Lipinski definition) is 1. The fourth-order valence-corrected chi connectivity index (χ4v) is 1.68. The van der Waals surface area contributed by atoms with Gasteiger partial charge in [0.05, 0.1) is 6.61 Å². The molecule has 0 saturated carbocycles. The lowest BCUT2D eigenvalue weighted by Gasteiger charge is -2.21. The second-order valence-electron chi connectivity index (χ2n) is 4.43. The molecule has 0 bridgehead atoms. The maximum atomic E-state index is 5.20. The first-order chi connectivity index (χ1) is 7.65. The minimum atomic E-state index is 0.425. The van der Waals surface area contributed by atoms with Crippen molar-refractivity contribution in [1.29, 1.82) is 0 Å². The summed E-state index contributed by atoms with van der Waals surface area (Å²) < 4.78 is 7.35. The van der Waals surface area contributed by atoms with Crippen molar-refractivity contribution in [3.05, 3.63) is 18.2 Å². The molecule has 0 aliphatic heterocycles. The van der Waals surface area contributed by atoms with E-state index in [1.807, 2.05) is 19.3 Å². The van der Waals surface area contributed by atoms with Crippen LogP contribution in [0.5, 0.6) is 0 Å². The van der Waals surface area contributed by atoms with Crippen LogP contribution >= 0.6 is 0 Å². The third-order valence-electron chi connectivity index (χ3n) is 2.83. The van der Waals surface area contributed by atoms with Crippen molar-refractivity contribution in [1.82, 2.24) is 14.9 Å². The minimum Gasteiger partial charge on any atom is -0.383 e. The summed E-state index contributed by atoms with van der Waals surface area (Å²) >= 11 is 0. The van der Waals surface area contributed by atoms with E-state index >= 15 is 0 Å². The molecule has 4 nitrogen and oxygen atoms in total. The number of hydrogen-bond acceptors (Lipinski definition) is 3. The molecule has 1 aromatic heterocycles. The Kier molecular flexibility index (Phi) is 5.49. The Morgan fingerprint density at radius 1 is 1.50 bits per heavy atom. The Hall–Kier alpha value is -0.870. The van der Waals surface area contributed by atoms with Crippen molar-refractivity contribution < 1.29 is 4.74 Å². The average molecular weight is 225 g/mol. The quantitative estimate of drug-likeness (QED) is 0.763. The molecule has 1 atom stereocenters. The maximum absolute atomic E-state index is 5.20. The topological polar surface area (TPSA) is 39.1 Å². The van der Waals surface area contributed by atoms with Crippen molar-refractivity contribution in [2.45, 2.75) is 33.4 Å². The van der Waals surface area contributed by atoms with Gasteiger partial charge in [-0.05, 0) is 12.8 Å². The van der Waals surface area contributed by atoms with Crippen LogP contribution in [0.4, 0.5) is 0 Å². The van der Waals surface area contributed by atoms with E-state index in [4.69, 9.17) is 4.74 Å². The van der Waals surface area contributed by atoms with Crippen molar-refractivity contribution >= 4 is 0 Å². The summed E-state index contributed by atoms with van der Waals surface area (Å²) in [7, 11) is 1.75. The Morgan fingerprint density at radius 2 is 2.25 bits per heavy atom. The summed E-state index contributed by atoms with van der Waals surface area (Å²) in [5, 5.41) is 3.51. The molecule has 0 radical (unpaired) electrons. The number of nitrogens with one attached hydrogen (secondary N) is 1. The van der Waals surface area contributed by atoms with Gasteiger partial charge in [0.2, 0.25) is 0 Å². The van der Waals surface area contributed by atoms with Gasteiger partial charge in [-0.3, -0.25) is 0 Å². The Labute approximate surface area is 98.0 Å². The molecule has 1 aromatic rings. The zero-order valence-corrected chi connectivity index (χ0v) is 10.7. The highest BCUT2D eigenvalue weighted by molar-refractivity contribution is 4.88. The van der Waals surface area contributed by atoms with Crippen molar-refractivity contribution in [3.63, 3.8) is 0 Å². The number of ether oxygens (including phenoxy) is 1. The van der Waals surface area contributed by atoms with Gasteiger partial charge in [0, 0.05) is 38.6 Å². The highest BCUT2D eigenvalue weighted by atomic mass is 16.5. The smallest absolute Gasteiger partial charge is 0.105 e. The lowest BCUT2D eigenvalue weighted by Crippen LogP contribution is -2.39. The number of aromatic nitrogens is 2. The summed E-state index contributed by atoms with van der Waals surface area (Å²) in [5.41, 5.74) is 0. The molecule has 4 heteroatoms. The van der Waals surface area contributed by atoms with E-state index in [9.17, 15) is 0 Å². The third-order valence-corrected chi connectivity index (χ3v) is 2.83. The van der Waals surface area contributed by atoms with Crippen molar-refractivity contribution in [2.24, 2.45) is 5.92 Å². The Balaban J connectivity index is 2.30. The van der Waals surface area contributed by atoms with Crippen molar-refractivity contribution in [2.75, 3.05) is 20.3 Å². The summed E-state index contributed by atoms with van der Waals surface area (Å²) in [4.78, 5) is 4.20. The molecule has 0 spiro atoms. The van der Waals surface area contributed by atoms with E-state index in [0.29, 0.717) is 12.0 Å². The highest BCUT2D eigenvalue weighted by Crippen LogP contribution is 2.02. The number of nitrogens with zero attached hydrogens (tertiary/aromatic N) is 2. The van der Waals surface area contributed by atoms with Crippen LogP contribution in [0, 0.1) is 12.8 Å². The first-order valence-corrected chi connectivity index (χ1v) is 5.85. The van der Waals surface area contributed by atoms with Crippen LogP contribution in [-0.4, -0.2) is 35.9 Å². The highest BCUT2D eigenvalue weighted by Gasteiger charge is 2.11. The van der Waals surface area contributed by atoms with Crippen LogP contribution in [0.3, 0.4) is 0 Å². The zero-order valence-electron chi connectivity index (χ0n) is 10.7. The second kappa shape index (κ2) is 6.66. The van der Waals surface area contributed by atoms with Gasteiger partial charge in [-0.2, -0.15) is 0 Å². The van der Waals surface area contributed by atoms with Crippen LogP contribution in [-0.2, 0) is 11.3 Å². The first kappa shape index (κ1) is 13.2. The van der Waals surface area contributed by atoms with Gasteiger partial charge >= 0.3 is 0 Å². The largest absolute Gasteiger partial charge is 0.383 e. The first-order valence-electron chi connectivity index (χ1n) is 5.85. The normalized spacial score (nSPS) is 13.3. The fourth-order valence-electron chi connectivity index (χ4n) is 1.68. The molecule has 1 heterocycles. The van der Waals surface area contributed by atoms with Gasteiger partial charge in [0.1, 0.15) is 5.82 Å². The Bertz CT molecular complexity index is 296. The number of methoxy groups -OCH3 is 1. The summed E-state index contributed by atoms with van der Waals surface area (Å²) in [6, 6.07) is 0.425. The molecule has 1 unspecified atom stereocenters. The molecule has 0 aliphatic rings. The van der Waals surface area contributed by atoms with Gasteiger partial charge < -0.3 is 14.6 Å². The van der Waals surface area contributed by atoms with Gasteiger partial charge in [-0.25, -0.2) is 4.98 Å². The Morgan fingerprint density at radius 3 is 2.75 bits per heavy atom. The molecule has 0 amide bonds. The molecule has 92 valence electrons. The zero-order chi connectivity index (χ0) is 12.0. The van der Waals surface area contributed by atoms with E-state index in [-0.39, 0.29) is 0 Å². The predicted octanol–water partition coefficient (Wildman–Crippen LogP) is 1.45. The van der Waals surface area contributed by atoms with E-state index in [0.717, 1.165) is 25.5 Å².